The van der Waals surface area contributed by atoms with E-state index in [1.807, 2.05) is 0 Å². The van der Waals surface area contributed by atoms with Crippen LogP contribution < -0.4 is 10.6 Å². The third-order valence-electron chi connectivity index (χ3n) is 3.20. The van der Waals surface area contributed by atoms with Crippen molar-refractivity contribution in [2.75, 3.05) is 10.6 Å². The van der Waals surface area contributed by atoms with Crippen molar-refractivity contribution in [2.24, 2.45) is 0 Å². The molecule has 0 spiro atoms. The maximum Gasteiger partial charge on any atom is 0.416 e. The van der Waals surface area contributed by atoms with Gasteiger partial charge in [-0.05, 0) is 43.3 Å². The molecule has 2 aromatic carbocycles. The summed E-state index contributed by atoms with van der Waals surface area (Å²) in [6.07, 6.45) is -4.48. The van der Waals surface area contributed by atoms with Gasteiger partial charge in [-0.1, -0.05) is 12.1 Å². The van der Waals surface area contributed by atoms with Crippen LogP contribution in [0.4, 0.5) is 24.5 Å². The van der Waals surface area contributed by atoms with Crippen LogP contribution in [0, 0.1) is 0 Å². The fourth-order valence-corrected chi connectivity index (χ4v) is 1.93. The first-order chi connectivity index (χ1) is 11.7. The van der Waals surface area contributed by atoms with E-state index in [1.165, 1.54) is 19.1 Å². The molecule has 0 bridgehead atoms. The van der Waals surface area contributed by atoms with E-state index in [9.17, 15) is 27.6 Å². The minimum Gasteiger partial charge on any atom is -0.318 e. The molecule has 0 saturated carbocycles. The summed E-state index contributed by atoms with van der Waals surface area (Å²) in [7, 11) is 0. The zero-order chi connectivity index (χ0) is 18.6. The van der Waals surface area contributed by atoms with E-state index in [0.717, 1.165) is 24.3 Å². The van der Waals surface area contributed by atoms with E-state index in [1.54, 1.807) is 12.1 Å². The van der Waals surface area contributed by atoms with E-state index in [2.05, 4.69) is 10.6 Å². The van der Waals surface area contributed by atoms with Crippen molar-refractivity contribution in [3.63, 3.8) is 0 Å². The smallest absolute Gasteiger partial charge is 0.318 e. The van der Waals surface area contributed by atoms with Crippen molar-refractivity contribution in [1.29, 1.82) is 0 Å². The Bertz CT molecular complexity index is 815. The van der Waals surface area contributed by atoms with Crippen LogP contribution in [-0.4, -0.2) is 17.6 Å². The fraction of sp³-hybridized carbons (Fsp3) is 0.118. The largest absolute Gasteiger partial charge is 0.416 e. The molecule has 2 aromatic rings. The normalized spacial score (nSPS) is 10.9. The summed E-state index contributed by atoms with van der Waals surface area (Å²) < 4.78 is 37.4. The van der Waals surface area contributed by atoms with Crippen LogP contribution in [0.3, 0.4) is 0 Å². The molecule has 0 unspecified atom stereocenters. The number of rotatable bonds is 3. The molecule has 0 aliphatic rings. The van der Waals surface area contributed by atoms with Gasteiger partial charge in [0.05, 0.1) is 5.56 Å². The molecule has 0 radical (unpaired) electrons. The zero-order valence-electron chi connectivity index (χ0n) is 13.0. The first-order valence-electron chi connectivity index (χ1n) is 7.07. The van der Waals surface area contributed by atoms with Crippen LogP contribution in [-0.2, 0) is 15.8 Å². The highest BCUT2D eigenvalue weighted by atomic mass is 19.4. The lowest BCUT2D eigenvalue weighted by atomic mass is 10.1. The molecule has 2 amide bonds. The third-order valence-corrected chi connectivity index (χ3v) is 3.20. The molecule has 0 atom stereocenters. The molecule has 0 saturated heterocycles. The Kier molecular flexibility index (Phi) is 5.21. The monoisotopic (exact) mass is 350 g/mol. The Labute approximate surface area is 140 Å². The first-order valence-corrected chi connectivity index (χ1v) is 7.07. The van der Waals surface area contributed by atoms with Crippen molar-refractivity contribution >= 4 is 29.0 Å². The Morgan fingerprint density at radius 2 is 1.40 bits per heavy atom. The quantitative estimate of drug-likeness (QED) is 0.657. The number of hydrogen-bond acceptors (Lipinski definition) is 3. The Morgan fingerprint density at radius 1 is 0.840 bits per heavy atom. The highest BCUT2D eigenvalue weighted by molar-refractivity contribution is 6.43. The molecule has 2 rings (SSSR count). The van der Waals surface area contributed by atoms with Gasteiger partial charge in [0, 0.05) is 16.9 Å². The number of benzene rings is 2. The third kappa shape index (κ3) is 4.90. The van der Waals surface area contributed by atoms with Gasteiger partial charge in [-0.3, -0.25) is 14.4 Å². The molecule has 0 heterocycles. The Hall–Kier alpha value is -3.16. The number of halogens is 3. The van der Waals surface area contributed by atoms with Gasteiger partial charge < -0.3 is 10.6 Å². The SMILES string of the molecule is CC(=O)c1cccc(NC(=O)C(=O)Nc2ccc(C(F)(F)F)cc2)c1. The number of alkyl halides is 3. The summed E-state index contributed by atoms with van der Waals surface area (Å²) in [5.41, 5.74) is -0.206. The molecule has 5 nitrogen and oxygen atoms in total. The molecule has 0 fully saturated rings. The van der Waals surface area contributed by atoms with Gasteiger partial charge in [-0.2, -0.15) is 13.2 Å². The maximum absolute atomic E-state index is 12.5. The summed E-state index contributed by atoms with van der Waals surface area (Å²) in [6, 6.07) is 9.68. The predicted octanol–water partition coefficient (Wildman–Crippen LogP) is 3.49. The molecule has 0 aliphatic carbocycles. The predicted molar refractivity (Wildman–Crippen MR) is 85.1 cm³/mol. The number of nitrogens with one attached hydrogen (secondary N) is 2. The van der Waals surface area contributed by atoms with Gasteiger partial charge in [0.2, 0.25) is 0 Å². The van der Waals surface area contributed by atoms with Gasteiger partial charge in [0.25, 0.3) is 0 Å². The number of anilines is 2. The van der Waals surface area contributed by atoms with Crippen molar-refractivity contribution in [2.45, 2.75) is 13.1 Å². The summed E-state index contributed by atoms with van der Waals surface area (Å²) in [5.74, 6) is -2.26. The average Bonchev–Trinajstić information content (AvgIpc) is 2.54. The highest BCUT2D eigenvalue weighted by Crippen LogP contribution is 2.29. The summed E-state index contributed by atoms with van der Waals surface area (Å²) in [5, 5.41) is 4.50. The molecule has 0 aliphatic heterocycles. The molecular weight excluding hydrogens is 337 g/mol. The van der Waals surface area contributed by atoms with Crippen LogP contribution in [0.2, 0.25) is 0 Å². The van der Waals surface area contributed by atoms with E-state index in [0.29, 0.717) is 5.56 Å². The summed E-state index contributed by atoms with van der Waals surface area (Å²) in [6.45, 7) is 1.36. The van der Waals surface area contributed by atoms with Gasteiger partial charge in [-0.15, -0.1) is 0 Å². The lowest BCUT2D eigenvalue weighted by Gasteiger charge is -2.09. The molecular formula is C17H13F3N2O3. The number of carbonyl (C=O) groups is 3. The molecule has 8 heteroatoms. The average molecular weight is 350 g/mol. The van der Waals surface area contributed by atoms with Crippen LogP contribution in [0.5, 0.6) is 0 Å². The van der Waals surface area contributed by atoms with Crippen molar-refractivity contribution in [1.82, 2.24) is 0 Å². The first kappa shape index (κ1) is 18.2. The summed E-state index contributed by atoms with van der Waals surface area (Å²) >= 11 is 0. The zero-order valence-corrected chi connectivity index (χ0v) is 13.0. The van der Waals surface area contributed by atoms with Gasteiger partial charge in [0.1, 0.15) is 0 Å². The number of amides is 2. The van der Waals surface area contributed by atoms with Crippen molar-refractivity contribution < 1.29 is 27.6 Å². The fourth-order valence-electron chi connectivity index (χ4n) is 1.93. The topological polar surface area (TPSA) is 75.3 Å². The van der Waals surface area contributed by atoms with Crippen LogP contribution in [0.25, 0.3) is 0 Å². The minimum atomic E-state index is -4.48. The van der Waals surface area contributed by atoms with E-state index in [4.69, 9.17) is 0 Å². The van der Waals surface area contributed by atoms with Crippen molar-refractivity contribution in [3.8, 4) is 0 Å². The lowest BCUT2D eigenvalue weighted by molar-refractivity contribution is -0.137. The minimum absolute atomic E-state index is 0.0469. The second-order valence-electron chi connectivity index (χ2n) is 5.12. The summed E-state index contributed by atoms with van der Waals surface area (Å²) in [4.78, 5) is 34.9. The Morgan fingerprint density at radius 3 is 1.92 bits per heavy atom. The number of hydrogen-bond donors (Lipinski definition) is 2. The maximum atomic E-state index is 12.5. The second kappa shape index (κ2) is 7.16. The van der Waals surface area contributed by atoms with Gasteiger partial charge in [-0.25, -0.2) is 0 Å². The number of ketones is 1. The second-order valence-corrected chi connectivity index (χ2v) is 5.12. The van der Waals surface area contributed by atoms with E-state index in [-0.39, 0.29) is 17.2 Å². The van der Waals surface area contributed by atoms with Crippen LogP contribution >= 0.6 is 0 Å². The van der Waals surface area contributed by atoms with Crippen LogP contribution in [0.1, 0.15) is 22.8 Å². The molecule has 130 valence electrons. The number of Topliss-reactive ketones (excluding diaryl/α,β-unsaturated/α-hetero) is 1. The van der Waals surface area contributed by atoms with Crippen LogP contribution in [0.15, 0.2) is 48.5 Å². The van der Waals surface area contributed by atoms with E-state index >= 15 is 0 Å². The molecule has 0 aromatic heterocycles. The van der Waals surface area contributed by atoms with Gasteiger partial charge in [0.15, 0.2) is 5.78 Å². The molecule has 25 heavy (non-hydrogen) atoms. The van der Waals surface area contributed by atoms with Gasteiger partial charge >= 0.3 is 18.0 Å². The highest BCUT2D eigenvalue weighted by Gasteiger charge is 2.30. The Balaban J connectivity index is 2.02. The number of carbonyl (C=O) groups excluding carboxylic acids is 3. The lowest BCUT2D eigenvalue weighted by Crippen LogP contribution is -2.29. The van der Waals surface area contributed by atoms with Crippen molar-refractivity contribution in [3.05, 3.63) is 59.7 Å². The molecule has 2 N–H and O–H groups in total. The standard InChI is InChI=1S/C17H13F3N2O3/c1-10(23)11-3-2-4-14(9-11)22-16(25)15(24)21-13-7-5-12(6-8-13)17(18,19)20/h2-9H,1H3,(H,21,24)(H,22,25). The van der Waals surface area contributed by atoms with E-state index < -0.39 is 23.6 Å².